The first kappa shape index (κ1) is 3.20. The molecule has 1 heterocycles. The van der Waals surface area contributed by atoms with Crippen LogP contribution in [0.25, 0.3) is 0 Å². The molecule has 0 unspecified atom stereocenters. The van der Waals surface area contributed by atoms with E-state index in [4.69, 9.17) is 9.85 Å². The second-order valence-corrected chi connectivity index (χ2v) is 1.69. The summed E-state index contributed by atoms with van der Waals surface area (Å²) < 4.78 is 22.1. The molecule has 0 bridgehead atoms. The second kappa shape index (κ2) is 2.49. The van der Waals surface area contributed by atoms with Crippen molar-refractivity contribution in [3.05, 3.63) is 23.8 Å². The van der Waals surface area contributed by atoms with Crippen molar-refractivity contribution in [2.45, 2.75) is 13.3 Å². The quantitative estimate of drug-likeness (QED) is 0.613. The molecule has 9 heavy (non-hydrogen) atoms. The van der Waals surface area contributed by atoms with Crippen molar-refractivity contribution in [2.75, 3.05) is 5.73 Å². The Morgan fingerprint density at radius 3 is 3.33 bits per heavy atom. The highest BCUT2D eigenvalue weighted by Crippen LogP contribution is 2.02. The first-order valence-corrected chi connectivity index (χ1v) is 2.80. The molecule has 1 rings (SSSR count). The number of nitrogens with two attached hydrogens (primary N) is 1. The molecule has 2 N–H and O–H groups in total. The molecule has 2 heteroatoms. The van der Waals surface area contributed by atoms with Gasteiger partial charge in [-0.2, -0.15) is 0 Å². The highest BCUT2D eigenvalue weighted by molar-refractivity contribution is 5.31. The summed E-state index contributed by atoms with van der Waals surface area (Å²) in [4.78, 5) is 3.55. The Balaban J connectivity index is 3.42. The fraction of sp³-hybridized carbons (Fsp3) is 0.286. The van der Waals surface area contributed by atoms with Crippen LogP contribution in [0.2, 0.25) is 0 Å². The van der Waals surface area contributed by atoms with Crippen molar-refractivity contribution in [3.63, 3.8) is 0 Å². The van der Waals surface area contributed by atoms with Crippen LogP contribution in [-0.2, 0) is 6.42 Å². The fourth-order valence-corrected chi connectivity index (χ4v) is 0.546. The normalized spacial score (nSPS) is 14.1. The monoisotopic (exact) mass is 125 g/mol. The van der Waals surface area contributed by atoms with Crippen LogP contribution >= 0.6 is 0 Å². The third-order valence-corrected chi connectivity index (χ3v) is 1.02. The van der Waals surface area contributed by atoms with E-state index in [-0.39, 0.29) is 24.1 Å². The number of nitrogens with zero attached hydrogens (tertiary/aromatic N) is 1. The molecule has 0 spiro atoms. The number of nitrogen functional groups attached to an aromatic ring is 1. The standard InChI is InChI=1S/C7H10N2/c1-2-6-3-4-9-7(8)5-6/h3-5H,2H2,1H3,(H2,8,9)/i3D,4D,5D. The van der Waals surface area contributed by atoms with Crippen molar-refractivity contribution < 1.29 is 4.11 Å². The van der Waals surface area contributed by atoms with E-state index in [2.05, 4.69) is 4.98 Å². The van der Waals surface area contributed by atoms with E-state index in [0.717, 1.165) is 0 Å². The van der Waals surface area contributed by atoms with Crippen LogP contribution in [0.3, 0.4) is 0 Å². The Bertz CT molecular complexity index is 286. The predicted molar refractivity (Wildman–Crippen MR) is 38.0 cm³/mol. The highest BCUT2D eigenvalue weighted by atomic mass is 14.8. The lowest BCUT2D eigenvalue weighted by Crippen LogP contribution is -1.90. The van der Waals surface area contributed by atoms with Gasteiger partial charge in [-0.1, -0.05) is 6.92 Å². The van der Waals surface area contributed by atoms with Gasteiger partial charge < -0.3 is 5.73 Å². The van der Waals surface area contributed by atoms with Gasteiger partial charge in [-0.05, 0) is 24.1 Å². The minimum Gasteiger partial charge on any atom is -0.384 e. The molecule has 0 fully saturated rings. The van der Waals surface area contributed by atoms with Gasteiger partial charge in [0.05, 0.1) is 4.11 Å². The zero-order valence-electron chi connectivity index (χ0n) is 8.23. The SMILES string of the molecule is [2H]c1nc(N)c([2H])c(CC)c1[2H]. The third kappa shape index (κ3) is 1.42. The molecule has 0 saturated heterocycles. The van der Waals surface area contributed by atoms with E-state index in [1.165, 1.54) is 0 Å². The Labute approximate surface area is 58.9 Å². The maximum absolute atomic E-state index is 7.44. The number of pyridine rings is 1. The lowest BCUT2D eigenvalue weighted by molar-refractivity contribution is 1.12. The number of hydrogen-bond donors (Lipinski definition) is 1. The van der Waals surface area contributed by atoms with Gasteiger partial charge in [-0.25, -0.2) is 4.98 Å². The fourth-order valence-electron chi connectivity index (χ4n) is 0.546. The molecule has 0 atom stereocenters. The highest BCUT2D eigenvalue weighted by Gasteiger charge is 1.87. The molecule has 0 amide bonds. The van der Waals surface area contributed by atoms with Gasteiger partial charge in [0.25, 0.3) is 0 Å². The van der Waals surface area contributed by atoms with Gasteiger partial charge in [0.2, 0.25) is 0 Å². The molecule has 1 aromatic heterocycles. The molecule has 0 aliphatic carbocycles. The largest absolute Gasteiger partial charge is 0.384 e. The Hall–Kier alpha value is -1.05. The van der Waals surface area contributed by atoms with E-state index >= 15 is 0 Å². The second-order valence-electron chi connectivity index (χ2n) is 1.69. The summed E-state index contributed by atoms with van der Waals surface area (Å²) >= 11 is 0. The summed E-state index contributed by atoms with van der Waals surface area (Å²) in [7, 11) is 0. The average Bonchev–Trinajstić information content (AvgIpc) is 2.02. The van der Waals surface area contributed by atoms with Crippen LogP contribution in [0.4, 0.5) is 5.82 Å². The van der Waals surface area contributed by atoms with Crippen molar-refractivity contribution in [2.24, 2.45) is 0 Å². The van der Waals surface area contributed by atoms with Gasteiger partial charge in [-0.3, -0.25) is 0 Å². The summed E-state index contributed by atoms with van der Waals surface area (Å²) in [6.07, 6.45) is 0.386. The van der Waals surface area contributed by atoms with E-state index < -0.39 is 0 Å². The first-order chi connectivity index (χ1) is 5.57. The predicted octanol–water partition coefficient (Wildman–Crippen LogP) is 1.23. The number of aromatic nitrogens is 1. The van der Waals surface area contributed by atoms with Gasteiger partial charge in [-0.15, -0.1) is 0 Å². The summed E-state index contributed by atoms with van der Waals surface area (Å²) in [6.45, 7) is 1.82. The van der Waals surface area contributed by atoms with E-state index in [1.54, 1.807) is 0 Å². The maximum atomic E-state index is 7.44. The molecule has 48 valence electrons. The summed E-state index contributed by atoms with van der Waals surface area (Å²) in [5.74, 6) is 0.0350. The summed E-state index contributed by atoms with van der Waals surface area (Å²) in [5, 5.41) is 0. The van der Waals surface area contributed by atoms with Gasteiger partial charge in [0.15, 0.2) is 0 Å². The minimum atomic E-state index is -0.152. The van der Waals surface area contributed by atoms with Crippen LogP contribution in [-0.4, -0.2) is 4.98 Å². The molecule has 1 aromatic rings. The molecule has 0 aliphatic rings. The molecule has 2 nitrogen and oxygen atoms in total. The molecule has 0 aliphatic heterocycles. The zero-order chi connectivity index (χ0) is 9.30. The summed E-state index contributed by atoms with van der Waals surface area (Å²) in [6, 6.07) is 0.0928. The minimum absolute atomic E-state index is 0.0108. The first-order valence-electron chi connectivity index (χ1n) is 4.30. The lowest BCUT2D eigenvalue weighted by atomic mass is 10.2. The van der Waals surface area contributed by atoms with Crippen LogP contribution in [0, 0.1) is 0 Å². The Morgan fingerprint density at radius 1 is 1.89 bits per heavy atom. The van der Waals surface area contributed by atoms with Crippen molar-refractivity contribution in [3.8, 4) is 0 Å². The van der Waals surface area contributed by atoms with Crippen molar-refractivity contribution in [1.29, 1.82) is 0 Å². The topological polar surface area (TPSA) is 38.9 Å². The van der Waals surface area contributed by atoms with Gasteiger partial charge in [0.1, 0.15) is 5.82 Å². The molecule has 0 aromatic carbocycles. The van der Waals surface area contributed by atoms with E-state index in [1.807, 2.05) is 6.92 Å². The molecular formula is C7H10N2. The Kier molecular flexibility index (Phi) is 0.884. The Morgan fingerprint density at radius 2 is 2.67 bits per heavy atom. The van der Waals surface area contributed by atoms with Crippen LogP contribution in [0.5, 0.6) is 0 Å². The van der Waals surface area contributed by atoms with Crippen LogP contribution in [0.15, 0.2) is 18.3 Å². The summed E-state index contributed by atoms with van der Waals surface area (Å²) in [5.41, 5.74) is 5.86. The molecule has 0 saturated carbocycles. The van der Waals surface area contributed by atoms with E-state index in [9.17, 15) is 0 Å². The van der Waals surface area contributed by atoms with Crippen molar-refractivity contribution >= 4 is 5.82 Å². The number of hydrogen-bond acceptors (Lipinski definition) is 2. The molecule has 0 radical (unpaired) electrons. The van der Waals surface area contributed by atoms with Crippen LogP contribution in [0.1, 0.15) is 16.6 Å². The smallest absolute Gasteiger partial charge is 0.123 e. The average molecular weight is 125 g/mol. The molecular weight excluding hydrogens is 112 g/mol. The van der Waals surface area contributed by atoms with Crippen molar-refractivity contribution in [1.82, 2.24) is 4.98 Å². The number of rotatable bonds is 1. The van der Waals surface area contributed by atoms with Crippen LogP contribution < -0.4 is 5.73 Å². The van der Waals surface area contributed by atoms with E-state index in [0.29, 0.717) is 12.0 Å². The number of anilines is 1. The van der Waals surface area contributed by atoms with Gasteiger partial charge in [0, 0.05) is 6.17 Å². The maximum Gasteiger partial charge on any atom is 0.123 e. The third-order valence-electron chi connectivity index (χ3n) is 1.02. The van der Waals surface area contributed by atoms with Gasteiger partial charge >= 0.3 is 0 Å². The zero-order valence-corrected chi connectivity index (χ0v) is 5.23. The lowest BCUT2D eigenvalue weighted by Gasteiger charge is -1.94.